The van der Waals surface area contributed by atoms with Gasteiger partial charge in [-0.05, 0) is 25.2 Å². The number of hydrogen-bond donors (Lipinski definition) is 0. The monoisotopic (exact) mass is 123 g/mol. The van der Waals surface area contributed by atoms with E-state index in [-0.39, 0.29) is 5.41 Å². The SMILES string of the molecule is [CH2]C1(C=C)CCCCC1. The summed E-state index contributed by atoms with van der Waals surface area (Å²) in [5.41, 5.74) is 0.234. The molecule has 1 radical (unpaired) electrons. The summed E-state index contributed by atoms with van der Waals surface area (Å²) >= 11 is 0. The number of hydrogen-bond acceptors (Lipinski definition) is 0. The van der Waals surface area contributed by atoms with Crippen LogP contribution in [0.5, 0.6) is 0 Å². The van der Waals surface area contributed by atoms with Gasteiger partial charge in [0.15, 0.2) is 0 Å². The van der Waals surface area contributed by atoms with Crippen molar-refractivity contribution >= 4 is 0 Å². The molecule has 0 spiro atoms. The van der Waals surface area contributed by atoms with Crippen LogP contribution in [0.25, 0.3) is 0 Å². The Labute approximate surface area is 58.0 Å². The van der Waals surface area contributed by atoms with E-state index < -0.39 is 0 Å². The van der Waals surface area contributed by atoms with Crippen LogP contribution in [0, 0.1) is 12.3 Å². The Morgan fingerprint density at radius 1 is 1.11 bits per heavy atom. The zero-order valence-electron chi connectivity index (χ0n) is 6.03. The summed E-state index contributed by atoms with van der Waals surface area (Å²) in [7, 11) is 0. The van der Waals surface area contributed by atoms with Gasteiger partial charge in [-0.1, -0.05) is 25.3 Å². The van der Waals surface area contributed by atoms with Crippen molar-refractivity contribution in [2.24, 2.45) is 5.41 Å². The molecule has 0 bridgehead atoms. The molecule has 1 rings (SSSR count). The van der Waals surface area contributed by atoms with Gasteiger partial charge in [-0.15, -0.1) is 6.58 Å². The second-order valence-corrected chi connectivity index (χ2v) is 3.13. The van der Waals surface area contributed by atoms with Crippen LogP contribution in [0.15, 0.2) is 12.7 Å². The fraction of sp³-hybridized carbons (Fsp3) is 0.667. The average Bonchev–Trinajstić information content (AvgIpc) is 1.90. The third-order valence-electron chi connectivity index (χ3n) is 2.28. The molecule has 9 heavy (non-hydrogen) atoms. The van der Waals surface area contributed by atoms with Gasteiger partial charge in [0.05, 0.1) is 0 Å². The normalized spacial score (nSPS) is 25.4. The molecule has 0 aromatic heterocycles. The Bertz CT molecular complexity index is 96.6. The van der Waals surface area contributed by atoms with E-state index >= 15 is 0 Å². The van der Waals surface area contributed by atoms with Crippen LogP contribution in [0.3, 0.4) is 0 Å². The van der Waals surface area contributed by atoms with Crippen molar-refractivity contribution in [1.82, 2.24) is 0 Å². The van der Waals surface area contributed by atoms with Crippen LogP contribution in [0.4, 0.5) is 0 Å². The van der Waals surface area contributed by atoms with Crippen LogP contribution in [0.1, 0.15) is 32.1 Å². The molecular weight excluding hydrogens is 108 g/mol. The minimum Gasteiger partial charge on any atom is -0.103 e. The first-order valence-electron chi connectivity index (χ1n) is 3.76. The van der Waals surface area contributed by atoms with Crippen molar-refractivity contribution in [3.05, 3.63) is 19.6 Å². The lowest BCUT2D eigenvalue weighted by Crippen LogP contribution is -2.16. The Morgan fingerprint density at radius 2 is 1.67 bits per heavy atom. The molecule has 0 saturated heterocycles. The first kappa shape index (κ1) is 6.85. The quantitative estimate of drug-likeness (QED) is 0.470. The van der Waals surface area contributed by atoms with Gasteiger partial charge < -0.3 is 0 Å². The largest absolute Gasteiger partial charge is 0.103 e. The molecule has 0 N–H and O–H groups in total. The minimum absolute atomic E-state index is 0.234. The zero-order chi connectivity index (χ0) is 6.74. The Hall–Kier alpha value is -0.260. The van der Waals surface area contributed by atoms with Crippen molar-refractivity contribution in [1.29, 1.82) is 0 Å². The molecule has 0 atom stereocenters. The van der Waals surface area contributed by atoms with E-state index in [1.165, 1.54) is 32.1 Å². The molecule has 1 aliphatic rings. The third-order valence-corrected chi connectivity index (χ3v) is 2.28. The van der Waals surface area contributed by atoms with Gasteiger partial charge in [-0.25, -0.2) is 0 Å². The van der Waals surface area contributed by atoms with Gasteiger partial charge in [0.2, 0.25) is 0 Å². The second-order valence-electron chi connectivity index (χ2n) is 3.13. The van der Waals surface area contributed by atoms with Gasteiger partial charge in [-0.3, -0.25) is 0 Å². The average molecular weight is 123 g/mol. The van der Waals surface area contributed by atoms with Gasteiger partial charge in [-0.2, -0.15) is 0 Å². The van der Waals surface area contributed by atoms with E-state index in [9.17, 15) is 0 Å². The predicted octanol–water partition coefficient (Wildman–Crippen LogP) is 2.96. The van der Waals surface area contributed by atoms with Crippen LogP contribution < -0.4 is 0 Å². The maximum Gasteiger partial charge on any atom is -0.0121 e. The maximum atomic E-state index is 4.13. The van der Waals surface area contributed by atoms with Crippen molar-refractivity contribution in [3.63, 3.8) is 0 Å². The third kappa shape index (κ3) is 1.57. The summed E-state index contributed by atoms with van der Waals surface area (Å²) in [5.74, 6) is 0. The van der Waals surface area contributed by atoms with E-state index in [2.05, 4.69) is 13.5 Å². The van der Waals surface area contributed by atoms with Crippen LogP contribution in [0.2, 0.25) is 0 Å². The predicted molar refractivity (Wildman–Crippen MR) is 41.1 cm³/mol. The summed E-state index contributed by atoms with van der Waals surface area (Å²) in [6.07, 6.45) is 8.59. The molecule has 0 amide bonds. The molecule has 0 aliphatic heterocycles. The molecular formula is C9H15. The Balaban J connectivity index is 2.46. The summed E-state index contributed by atoms with van der Waals surface area (Å²) < 4.78 is 0. The fourth-order valence-corrected chi connectivity index (χ4v) is 1.46. The van der Waals surface area contributed by atoms with Crippen molar-refractivity contribution in [2.45, 2.75) is 32.1 Å². The van der Waals surface area contributed by atoms with E-state index in [1.807, 2.05) is 6.08 Å². The van der Waals surface area contributed by atoms with Crippen molar-refractivity contribution < 1.29 is 0 Å². The van der Waals surface area contributed by atoms with Gasteiger partial charge in [0.25, 0.3) is 0 Å². The lowest BCUT2D eigenvalue weighted by Gasteiger charge is -2.29. The highest BCUT2D eigenvalue weighted by Gasteiger charge is 2.22. The van der Waals surface area contributed by atoms with E-state index in [0.29, 0.717) is 0 Å². The molecule has 0 aromatic carbocycles. The smallest absolute Gasteiger partial charge is 0.0121 e. The van der Waals surface area contributed by atoms with E-state index in [0.717, 1.165) is 0 Å². The Kier molecular flexibility index (Phi) is 1.94. The molecule has 0 nitrogen and oxygen atoms in total. The molecule has 51 valence electrons. The van der Waals surface area contributed by atoms with Gasteiger partial charge >= 0.3 is 0 Å². The highest BCUT2D eigenvalue weighted by molar-refractivity contribution is 4.98. The first-order chi connectivity index (χ1) is 4.27. The van der Waals surface area contributed by atoms with Gasteiger partial charge in [0, 0.05) is 0 Å². The zero-order valence-corrected chi connectivity index (χ0v) is 6.03. The highest BCUT2D eigenvalue weighted by Crippen LogP contribution is 2.35. The lowest BCUT2D eigenvalue weighted by molar-refractivity contribution is 0.323. The molecule has 0 aromatic rings. The maximum absolute atomic E-state index is 4.13. The second kappa shape index (κ2) is 2.55. The van der Waals surface area contributed by atoms with Crippen molar-refractivity contribution in [3.8, 4) is 0 Å². The van der Waals surface area contributed by atoms with Crippen molar-refractivity contribution in [2.75, 3.05) is 0 Å². The first-order valence-corrected chi connectivity index (χ1v) is 3.76. The summed E-state index contributed by atoms with van der Waals surface area (Å²) in [4.78, 5) is 0. The van der Waals surface area contributed by atoms with E-state index in [4.69, 9.17) is 0 Å². The topological polar surface area (TPSA) is 0 Å². The standard InChI is InChI=1S/C9H15/c1-3-9(2)7-5-4-6-8-9/h3H,1-2,4-8H2. The summed E-state index contributed by atoms with van der Waals surface area (Å²) in [5, 5.41) is 0. The Morgan fingerprint density at radius 3 is 2.00 bits per heavy atom. The molecule has 1 fully saturated rings. The molecule has 0 heteroatoms. The fourth-order valence-electron chi connectivity index (χ4n) is 1.46. The molecule has 0 unspecified atom stereocenters. The number of rotatable bonds is 1. The van der Waals surface area contributed by atoms with Gasteiger partial charge in [0.1, 0.15) is 0 Å². The minimum atomic E-state index is 0.234. The van der Waals surface area contributed by atoms with Crippen LogP contribution in [-0.4, -0.2) is 0 Å². The van der Waals surface area contributed by atoms with Crippen LogP contribution in [-0.2, 0) is 0 Å². The van der Waals surface area contributed by atoms with E-state index in [1.54, 1.807) is 0 Å². The number of allylic oxidation sites excluding steroid dienone is 1. The summed E-state index contributed by atoms with van der Waals surface area (Å²) in [6, 6.07) is 0. The molecule has 1 aliphatic carbocycles. The highest BCUT2D eigenvalue weighted by atomic mass is 14.3. The lowest BCUT2D eigenvalue weighted by atomic mass is 9.76. The molecule has 1 saturated carbocycles. The molecule has 0 heterocycles. The van der Waals surface area contributed by atoms with Crippen LogP contribution >= 0.6 is 0 Å². The summed E-state index contributed by atoms with van der Waals surface area (Å²) in [6.45, 7) is 7.92.